The van der Waals surface area contributed by atoms with E-state index in [-0.39, 0.29) is 22.9 Å². The first-order valence-corrected chi connectivity index (χ1v) is 5.74. The number of carbonyl (C=O) groups excluding carboxylic acids is 1. The highest BCUT2D eigenvalue weighted by atomic mass is 16.6. The van der Waals surface area contributed by atoms with Crippen LogP contribution in [0.3, 0.4) is 0 Å². The topological polar surface area (TPSA) is 53.4 Å². The van der Waals surface area contributed by atoms with Crippen molar-refractivity contribution >= 4 is 5.78 Å². The lowest BCUT2D eigenvalue weighted by Crippen LogP contribution is -2.49. The molecule has 1 aliphatic heterocycles. The van der Waals surface area contributed by atoms with E-state index in [4.69, 9.17) is 10.00 Å². The van der Waals surface area contributed by atoms with Crippen molar-refractivity contribution in [1.82, 2.24) is 0 Å². The van der Waals surface area contributed by atoms with E-state index in [1.54, 1.807) is 0 Å². The van der Waals surface area contributed by atoms with Gasteiger partial charge in [0, 0.05) is 5.41 Å². The highest BCUT2D eigenvalue weighted by molar-refractivity contribution is 5.92. The maximum Gasteiger partial charge on any atom is 0.181 e. The third-order valence-electron chi connectivity index (χ3n) is 4.66. The normalized spacial score (nSPS) is 52.7. The maximum absolute atomic E-state index is 11.8. The Morgan fingerprint density at radius 2 is 2.20 bits per heavy atom. The molecule has 0 amide bonds. The Kier molecular flexibility index (Phi) is 1.63. The predicted molar refractivity (Wildman–Crippen MR) is 52.9 cm³/mol. The van der Waals surface area contributed by atoms with Crippen molar-refractivity contribution in [3.63, 3.8) is 0 Å². The van der Waals surface area contributed by atoms with Gasteiger partial charge in [0.2, 0.25) is 0 Å². The van der Waals surface area contributed by atoms with E-state index < -0.39 is 5.92 Å². The highest BCUT2D eigenvalue weighted by Gasteiger charge is 2.73. The largest absolute Gasteiger partial charge is 0.357 e. The monoisotopic (exact) mass is 205 g/mol. The third kappa shape index (κ3) is 0.959. The molecule has 80 valence electrons. The van der Waals surface area contributed by atoms with E-state index in [0.717, 1.165) is 19.3 Å². The number of hydrogen-bond acceptors (Lipinski definition) is 3. The quantitative estimate of drug-likeness (QED) is 0.567. The Labute approximate surface area is 89.4 Å². The fourth-order valence-electron chi connectivity index (χ4n) is 3.65. The van der Waals surface area contributed by atoms with Crippen molar-refractivity contribution in [2.45, 2.75) is 50.7 Å². The summed E-state index contributed by atoms with van der Waals surface area (Å²) in [7, 11) is 0. The summed E-state index contributed by atoms with van der Waals surface area (Å²) >= 11 is 0. The molecule has 0 N–H and O–H groups in total. The van der Waals surface area contributed by atoms with Gasteiger partial charge in [0.15, 0.2) is 5.78 Å². The fourth-order valence-corrected chi connectivity index (χ4v) is 3.65. The Balaban J connectivity index is 1.98. The molecule has 1 heterocycles. The number of carbonyl (C=O) groups is 1. The Bertz CT molecular complexity index is 372. The molecular formula is C12H15NO2. The van der Waals surface area contributed by atoms with Crippen molar-refractivity contribution in [2.24, 2.45) is 11.3 Å². The minimum atomic E-state index is -0.422. The number of nitriles is 1. The number of rotatable bonds is 0. The zero-order valence-electron chi connectivity index (χ0n) is 8.95. The first kappa shape index (κ1) is 9.35. The first-order chi connectivity index (χ1) is 7.13. The molecule has 2 aliphatic carbocycles. The number of Topliss-reactive ketones (excluding diaryl/α,β-unsaturated/α-hetero) is 1. The Morgan fingerprint density at radius 1 is 1.47 bits per heavy atom. The lowest BCUT2D eigenvalue weighted by Gasteiger charge is -2.43. The van der Waals surface area contributed by atoms with Gasteiger partial charge in [0.1, 0.15) is 17.6 Å². The molecule has 0 bridgehead atoms. The maximum atomic E-state index is 11.8. The van der Waals surface area contributed by atoms with Gasteiger partial charge in [-0.15, -0.1) is 0 Å². The molecule has 3 aliphatic rings. The van der Waals surface area contributed by atoms with Gasteiger partial charge < -0.3 is 4.74 Å². The fraction of sp³-hybridized carbons (Fsp3) is 0.833. The van der Waals surface area contributed by atoms with Crippen molar-refractivity contribution < 1.29 is 9.53 Å². The van der Waals surface area contributed by atoms with Crippen molar-refractivity contribution in [3.8, 4) is 6.07 Å². The Morgan fingerprint density at radius 3 is 2.93 bits per heavy atom. The summed E-state index contributed by atoms with van der Waals surface area (Å²) < 4.78 is 5.72. The third-order valence-corrected chi connectivity index (χ3v) is 4.66. The molecule has 15 heavy (non-hydrogen) atoms. The molecular weight excluding hydrogens is 190 g/mol. The van der Waals surface area contributed by atoms with E-state index in [9.17, 15) is 4.79 Å². The van der Waals surface area contributed by atoms with Crippen LogP contribution in [0.25, 0.3) is 0 Å². The SMILES string of the molecule is C[C@]12CCCC[C@@]13O[C@H]3C(=O)C(C#N)C2. The average molecular weight is 205 g/mol. The van der Waals surface area contributed by atoms with E-state index in [2.05, 4.69) is 13.0 Å². The van der Waals surface area contributed by atoms with Gasteiger partial charge in [0.05, 0.1) is 6.07 Å². The van der Waals surface area contributed by atoms with E-state index in [0.29, 0.717) is 6.42 Å². The minimum absolute atomic E-state index is 0.0388. The van der Waals surface area contributed by atoms with Gasteiger partial charge in [-0.1, -0.05) is 19.8 Å². The molecule has 3 heteroatoms. The molecule has 1 unspecified atom stereocenters. The standard InChI is InChI=1S/C12H15NO2/c1-11-4-2-3-5-12(11)10(15-12)9(14)8(6-11)7-13/h8,10H,2-6H2,1H3/t8?,10-,11+,12-/m0/s1. The number of epoxide rings is 1. The first-order valence-electron chi connectivity index (χ1n) is 5.74. The van der Waals surface area contributed by atoms with Gasteiger partial charge in [-0.05, 0) is 19.3 Å². The summed E-state index contributed by atoms with van der Waals surface area (Å²) in [5.41, 5.74) is -0.0973. The zero-order chi connectivity index (χ0) is 10.7. The molecule has 3 nitrogen and oxygen atoms in total. The summed E-state index contributed by atoms with van der Waals surface area (Å²) in [6, 6.07) is 2.14. The molecule has 3 fully saturated rings. The molecule has 0 aromatic rings. The molecule has 1 spiro atoms. The summed E-state index contributed by atoms with van der Waals surface area (Å²) in [5, 5.41) is 8.97. The zero-order valence-corrected chi connectivity index (χ0v) is 8.95. The van der Waals surface area contributed by atoms with Crippen LogP contribution in [0.1, 0.15) is 39.0 Å². The number of nitrogens with zero attached hydrogens (tertiary/aromatic N) is 1. The van der Waals surface area contributed by atoms with Crippen LogP contribution in [0.4, 0.5) is 0 Å². The Hall–Kier alpha value is -0.880. The second kappa shape index (κ2) is 2.62. The van der Waals surface area contributed by atoms with Crippen LogP contribution in [0.2, 0.25) is 0 Å². The van der Waals surface area contributed by atoms with E-state index >= 15 is 0 Å². The van der Waals surface area contributed by atoms with E-state index in [1.165, 1.54) is 6.42 Å². The van der Waals surface area contributed by atoms with E-state index in [1.807, 2.05) is 0 Å². The van der Waals surface area contributed by atoms with Crippen LogP contribution in [0.5, 0.6) is 0 Å². The number of hydrogen-bond donors (Lipinski definition) is 0. The van der Waals surface area contributed by atoms with Crippen molar-refractivity contribution in [1.29, 1.82) is 5.26 Å². The van der Waals surface area contributed by atoms with Crippen LogP contribution < -0.4 is 0 Å². The lowest BCUT2D eigenvalue weighted by atomic mass is 9.57. The predicted octanol–water partition coefficient (Wildman–Crippen LogP) is 1.82. The van der Waals surface area contributed by atoms with Crippen molar-refractivity contribution in [3.05, 3.63) is 0 Å². The molecule has 0 aromatic heterocycles. The second-order valence-corrected chi connectivity index (χ2v) is 5.44. The lowest BCUT2D eigenvalue weighted by molar-refractivity contribution is -0.125. The van der Waals surface area contributed by atoms with Crippen LogP contribution in [-0.4, -0.2) is 17.5 Å². The molecule has 1 saturated heterocycles. The van der Waals surface area contributed by atoms with Crippen LogP contribution in [0.15, 0.2) is 0 Å². The van der Waals surface area contributed by atoms with Gasteiger partial charge in [-0.2, -0.15) is 5.26 Å². The van der Waals surface area contributed by atoms with Gasteiger partial charge in [-0.25, -0.2) is 0 Å². The molecule has 3 rings (SSSR count). The van der Waals surface area contributed by atoms with Crippen LogP contribution >= 0.6 is 0 Å². The van der Waals surface area contributed by atoms with Gasteiger partial charge >= 0.3 is 0 Å². The minimum Gasteiger partial charge on any atom is -0.357 e. The summed E-state index contributed by atoms with van der Waals surface area (Å²) in [6.07, 6.45) is 4.95. The summed E-state index contributed by atoms with van der Waals surface area (Å²) in [5.74, 6) is -0.384. The van der Waals surface area contributed by atoms with Crippen LogP contribution in [-0.2, 0) is 9.53 Å². The number of ether oxygens (including phenoxy) is 1. The molecule has 0 radical (unpaired) electrons. The highest BCUT2D eigenvalue weighted by Crippen LogP contribution is 2.64. The van der Waals surface area contributed by atoms with Gasteiger partial charge in [-0.3, -0.25) is 4.79 Å². The second-order valence-electron chi connectivity index (χ2n) is 5.44. The van der Waals surface area contributed by atoms with Crippen LogP contribution in [0, 0.1) is 22.7 Å². The molecule has 0 aromatic carbocycles. The average Bonchev–Trinajstić information content (AvgIpc) is 2.95. The molecule has 4 atom stereocenters. The number of ketones is 1. The van der Waals surface area contributed by atoms with Crippen molar-refractivity contribution in [2.75, 3.05) is 0 Å². The molecule has 2 saturated carbocycles. The summed E-state index contributed by atoms with van der Waals surface area (Å²) in [4.78, 5) is 11.8. The summed E-state index contributed by atoms with van der Waals surface area (Å²) in [6.45, 7) is 2.20. The smallest absolute Gasteiger partial charge is 0.181 e. The van der Waals surface area contributed by atoms with Gasteiger partial charge in [0.25, 0.3) is 0 Å².